The Morgan fingerprint density at radius 3 is 2.29 bits per heavy atom. The van der Waals surface area contributed by atoms with Crippen molar-refractivity contribution in [2.45, 2.75) is 70.4 Å². The lowest BCUT2D eigenvalue weighted by Gasteiger charge is -2.37. The Morgan fingerprint density at radius 1 is 1.00 bits per heavy atom. The second kappa shape index (κ2) is 8.34. The molecule has 1 saturated heterocycles. The zero-order chi connectivity index (χ0) is 11.2. The first kappa shape index (κ1) is 15.3. The second-order valence-electron chi connectivity index (χ2n) is 5.53. The summed E-state index contributed by atoms with van der Waals surface area (Å²) < 4.78 is 0. The largest absolute Gasteiger partial charge is 0.313 e. The number of nitrogens with zero attached hydrogens (tertiary/aromatic N) is 1. The van der Waals surface area contributed by atoms with Crippen LogP contribution in [0, 0.1) is 0 Å². The summed E-state index contributed by atoms with van der Waals surface area (Å²) in [4.78, 5) is 2.74. The van der Waals surface area contributed by atoms with Gasteiger partial charge in [0.2, 0.25) is 0 Å². The normalized spacial score (nSPS) is 26.8. The Hall–Kier alpha value is 0.210. The van der Waals surface area contributed by atoms with E-state index in [9.17, 15) is 0 Å². The van der Waals surface area contributed by atoms with Gasteiger partial charge >= 0.3 is 0 Å². The van der Waals surface area contributed by atoms with Crippen LogP contribution in [0.15, 0.2) is 0 Å². The Morgan fingerprint density at radius 2 is 1.71 bits per heavy atom. The zero-order valence-electron chi connectivity index (χ0n) is 11.3. The average molecular weight is 261 g/mol. The first-order valence-electron chi connectivity index (χ1n) is 7.37. The molecule has 0 bridgehead atoms. The van der Waals surface area contributed by atoms with Gasteiger partial charge in [-0.05, 0) is 38.8 Å². The third kappa shape index (κ3) is 4.76. The Bertz CT molecular complexity index is 187. The highest BCUT2D eigenvalue weighted by Gasteiger charge is 2.23. The van der Waals surface area contributed by atoms with Gasteiger partial charge in [-0.1, -0.05) is 32.6 Å². The molecule has 0 radical (unpaired) electrons. The van der Waals surface area contributed by atoms with Crippen molar-refractivity contribution < 1.29 is 0 Å². The van der Waals surface area contributed by atoms with Crippen molar-refractivity contribution in [2.24, 2.45) is 0 Å². The molecule has 2 aliphatic rings. The lowest BCUT2D eigenvalue weighted by Crippen LogP contribution is -2.47. The van der Waals surface area contributed by atoms with Gasteiger partial charge in [0, 0.05) is 18.6 Å². The van der Waals surface area contributed by atoms with E-state index in [1.165, 1.54) is 71.0 Å². The number of likely N-dealkylation sites (N-methyl/N-ethyl adjacent to an activating group) is 1. The van der Waals surface area contributed by atoms with Gasteiger partial charge in [0.05, 0.1) is 0 Å². The summed E-state index contributed by atoms with van der Waals surface area (Å²) in [6, 6.07) is 1.66. The van der Waals surface area contributed by atoms with E-state index in [1.54, 1.807) is 0 Å². The molecule has 0 amide bonds. The number of rotatable bonds is 4. The van der Waals surface area contributed by atoms with Crippen LogP contribution in [0.25, 0.3) is 0 Å². The highest BCUT2D eigenvalue weighted by molar-refractivity contribution is 5.85. The molecule has 0 spiro atoms. The predicted octanol–water partition coefficient (Wildman–Crippen LogP) is 3.20. The summed E-state index contributed by atoms with van der Waals surface area (Å²) in [6.07, 6.45) is 11.5. The summed E-state index contributed by atoms with van der Waals surface area (Å²) in [7, 11) is 0. The van der Waals surface area contributed by atoms with E-state index in [4.69, 9.17) is 0 Å². The van der Waals surface area contributed by atoms with Crippen molar-refractivity contribution in [3.05, 3.63) is 0 Å². The molecular formula is C14H29ClN2. The van der Waals surface area contributed by atoms with Gasteiger partial charge < -0.3 is 5.32 Å². The summed E-state index contributed by atoms with van der Waals surface area (Å²) in [5, 5.41) is 3.68. The molecule has 2 rings (SSSR count). The fourth-order valence-corrected chi connectivity index (χ4v) is 3.35. The molecule has 1 unspecified atom stereocenters. The Kier molecular flexibility index (Phi) is 7.49. The van der Waals surface area contributed by atoms with Crippen LogP contribution in [0.5, 0.6) is 0 Å². The molecule has 2 nitrogen and oxygen atoms in total. The van der Waals surface area contributed by atoms with Gasteiger partial charge in [0.1, 0.15) is 0 Å². The molecular weight excluding hydrogens is 232 g/mol. The quantitative estimate of drug-likeness (QED) is 0.835. The van der Waals surface area contributed by atoms with Crippen molar-refractivity contribution in [3.63, 3.8) is 0 Å². The van der Waals surface area contributed by atoms with Gasteiger partial charge in [-0.15, -0.1) is 12.4 Å². The first-order chi connectivity index (χ1) is 7.90. The number of piperidine rings is 1. The van der Waals surface area contributed by atoms with Gasteiger partial charge in [0.15, 0.2) is 0 Å². The highest BCUT2D eigenvalue weighted by atomic mass is 35.5. The third-order valence-electron chi connectivity index (χ3n) is 4.36. The Balaban J connectivity index is 0.00000144. The molecule has 0 aromatic carbocycles. The van der Waals surface area contributed by atoms with Crippen LogP contribution in [0.2, 0.25) is 0 Å². The molecule has 1 saturated carbocycles. The van der Waals surface area contributed by atoms with Crippen LogP contribution in [0.1, 0.15) is 58.3 Å². The monoisotopic (exact) mass is 260 g/mol. The summed E-state index contributed by atoms with van der Waals surface area (Å²) in [6.45, 7) is 6.11. The number of nitrogens with one attached hydrogen (secondary N) is 1. The van der Waals surface area contributed by atoms with Crippen LogP contribution in [-0.4, -0.2) is 36.6 Å². The molecule has 0 aromatic rings. The standard InChI is InChI=1S/C14H28N2.ClH/c1-2-16(14-9-4-3-5-10-14)12-13-8-6-7-11-15-13;/h13-15H,2-12H2,1H3;1H. The van der Waals surface area contributed by atoms with Crippen molar-refractivity contribution in [2.75, 3.05) is 19.6 Å². The van der Waals surface area contributed by atoms with Gasteiger partial charge in [-0.3, -0.25) is 4.90 Å². The van der Waals surface area contributed by atoms with Crippen molar-refractivity contribution >= 4 is 12.4 Å². The molecule has 102 valence electrons. The minimum absolute atomic E-state index is 0. The van der Waals surface area contributed by atoms with Crippen molar-refractivity contribution in [3.8, 4) is 0 Å². The fourth-order valence-electron chi connectivity index (χ4n) is 3.35. The summed E-state index contributed by atoms with van der Waals surface area (Å²) >= 11 is 0. The van der Waals surface area contributed by atoms with E-state index in [-0.39, 0.29) is 12.4 Å². The van der Waals surface area contributed by atoms with Gasteiger partial charge in [-0.25, -0.2) is 0 Å². The van der Waals surface area contributed by atoms with Crippen LogP contribution in [-0.2, 0) is 0 Å². The molecule has 1 atom stereocenters. The van der Waals surface area contributed by atoms with Gasteiger partial charge in [0.25, 0.3) is 0 Å². The minimum atomic E-state index is 0. The lowest BCUT2D eigenvalue weighted by atomic mass is 9.93. The number of halogens is 1. The van der Waals surface area contributed by atoms with Crippen LogP contribution in [0.3, 0.4) is 0 Å². The predicted molar refractivity (Wildman–Crippen MR) is 77.0 cm³/mol. The van der Waals surface area contributed by atoms with E-state index in [2.05, 4.69) is 17.1 Å². The molecule has 1 aliphatic heterocycles. The smallest absolute Gasteiger partial charge is 0.0195 e. The number of hydrogen-bond acceptors (Lipinski definition) is 2. The van der Waals surface area contributed by atoms with Crippen molar-refractivity contribution in [1.29, 1.82) is 0 Å². The molecule has 17 heavy (non-hydrogen) atoms. The SMILES string of the molecule is CCN(CC1CCCCN1)C1CCCCC1.Cl. The van der Waals surface area contributed by atoms with Crippen LogP contribution in [0.4, 0.5) is 0 Å². The second-order valence-corrected chi connectivity index (χ2v) is 5.53. The van der Waals surface area contributed by atoms with E-state index in [0.717, 1.165) is 12.1 Å². The maximum absolute atomic E-state index is 3.68. The topological polar surface area (TPSA) is 15.3 Å². The van der Waals surface area contributed by atoms with Crippen LogP contribution < -0.4 is 5.32 Å². The highest BCUT2D eigenvalue weighted by Crippen LogP contribution is 2.23. The van der Waals surface area contributed by atoms with E-state index < -0.39 is 0 Å². The maximum atomic E-state index is 3.68. The van der Waals surface area contributed by atoms with E-state index >= 15 is 0 Å². The molecule has 3 heteroatoms. The zero-order valence-corrected chi connectivity index (χ0v) is 12.1. The molecule has 0 aromatic heterocycles. The van der Waals surface area contributed by atoms with E-state index in [1.807, 2.05) is 0 Å². The lowest BCUT2D eigenvalue weighted by molar-refractivity contribution is 0.141. The van der Waals surface area contributed by atoms with Crippen molar-refractivity contribution in [1.82, 2.24) is 10.2 Å². The van der Waals surface area contributed by atoms with E-state index in [0.29, 0.717) is 0 Å². The number of hydrogen-bond donors (Lipinski definition) is 1. The fraction of sp³-hybridized carbons (Fsp3) is 1.00. The van der Waals surface area contributed by atoms with Gasteiger partial charge in [-0.2, -0.15) is 0 Å². The molecule has 1 heterocycles. The molecule has 2 fully saturated rings. The third-order valence-corrected chi connectivity index (χ3v) is 4.36. The maximum Gasteiger partial charge on any atom is 0.0195 e. The summed E-state index contributed by atoms with van der Waals surface area (Å²) in [5.74, 6) is 0. The average Bonchev–Trinajstić information content (AvgIpc) is 2.38. The Labute approximate surface area is 113 Å². The summed E-state index contributed by atoms with van der Waals surface area (Å²) in [5.41, 5.74) is 0. The molecule has 1 N–H and O–H groups in total. The minimum Gasteiger partial charge on any atom is -0.313 e. The first-order valence-corrected chi connectivity index (χ1v) is 7.37. The molecule has 1 aliphatic carbocycles. The van der Waals surface area contributed by atoms with Crippen LogP contribution >= 0.6 is 12.4 Å².